The summed E-state index contributed by atoms with van der Waals surface area (Å²) in [5.74, 6) is -0.0658. The Hall–Kier alpha value is -5.42. The molecule has 2 N–H and O–H groups in total. The fourth-order valence-electron chi connectivity index (χ4n) is 5.66. The van der Waals surface area contributed by atoms with Gasteiger partial charge in [0, 0.05) is 27.2 Å². The van der Waals surface area contributed by atoms with Crippen molar-refractivity contribution in [2.45, 2.75) is 25.4 Å². The standard InChI is InChI=1S/C39H30Cl2N2O5/c1-2-45-35-19-26(14-18-33(35)46-23-27-13-15-28(40)20-32(27)41)37-30-17-16-29(21-34(30)48-38(43)31(37)22-42)47-39(44)36(24-9-5-3-6-10-24)25-11-7-4-8-12-25/h3-21,36-37H,2,23,43H2,1H3. The summed E-state index contributed by atoms with van der Waals surface area (Å²) in [5.41, 5.74) is 10.3. The van der Waals surface area contributed by atoms with Crippen molar-refractivity contribution in [1.82, 2.24) is 0 Å². The summed E-state index contributed by atoms with van der Waals surface area (Å²) in [6, 6.07) is 36.9. The fourth-order valence-corrected chi connectivity index (χ4v) is 6.12. The topological polar surface area (TPSA) is 104 Å². The zero-order valence-electron chi connectivity index (χ0n) is 25.9. The van der Waals surface area contributed by atoms with E-state index in [0.717, 1.165) is 22.3 Å². The smallest absolute Gasteiger partial charge is 0.323 e. The number of halogens is 2. The molecular formula is C39H30Cl2N2O5. The number of rotatable bonds is 10. The summed E-state index contributed by atoms with van der Waals surface area (Å²) < 4.78 is 23.9. The first-order chi connectivity index (χ1) is 23.4. The lowest BCUT2D eigenvalue weighted by molar-refractivity contribution is -0.135. The number of carbonyl (C=O) groups excluding carboxylic acids is 1. The van der Waals surface area contributed by atoms with Crippen molar-refractivity contribution >= 4 is 29.2 Å². The van der Waals surface area contributed by atoms with Gasteiger partial charge in [-0.05, 0) is 53.9 Å². The molecule has 7 nitrogen and oxygen atoms in total. The highest BCUT2D eigenvalue weighted by atomic mass is 35.5. The van der Waals surface area contributed by atoms with Crippen molar-refractivity contribution in [3.8, 4) is 29.1 Å². The molecule has 48 heavy (non-hydrogen) atoms. The molecule has 6 rings (SSSR count). The van der Waals surface area contributed by atoms with Gasteiger partial charge in [0.05, 0.1) is 12.5 Å². The van der Waals surface area contributed by atoms with Crippen LogP contribution in [0.25, 0.3) is 0 Å². The van der Waals surface area contributed by atoms with E-state index < -0.39 is 17.8 Å². The summed E-state index contributed by atoms with van der Waals surface area (Å²) in [7, 11) is 0. The van der Waals surface area contributed by atoms with Crippen LogP contribution in [0.5, 0.6) is 23.0 Å². The van der Waals surface area contributed by atoms with Crippen LogP contribution in [0.3, 0.4) is 0 Å². The largest absolute Gasteiger partial charge is 0.490 e. The molecule has 9 heteroatoms. The minimum absolute atomic E-state index is 0.0411. The summed E-state index contributed by atoms with van der Waals surface area (Å²) in [6.07, 6.45) is 0. The highest BCUT2D eigenvalue weighted by molar-refractivity contribution is 6.35. The molecule has 5 aromatic rings. The van der Waals surface area contributed by atoms with Gasteiger partial charge >= 0.3 is 5.97 Å². The molecular weight excluding hydrogens is 647 g/mol. The second-order valence-electron chi connectivity index (χ2n) is 11.0. The van der Waals surface area contributed by atoms with E-state index in [9.17, 15) is 10.1 Å². The second kappa shape index (κ2) is 14.6. The third-order valence-corrected chi connectivity index (χ3v) is 8.50. The molecule has 1 unspecified atom stereocenters. The van der Waals surface area contributed by atoms with Crippen LogP contribution in [0.15, 0.2) is 127 Å². The number of hydrogen-bond donors (Lipinski definition) is 1. The first-order valence-corrected chi connectivity index (χ1v) is 16.0. The number of esters is 1. The van der Waals surface area contributed by atoms with E-state index in [1.807, 2.05) is 79.7 Å². The Bertz CT molecular complexity index is 1990. The van der Waals surface area contributed by atoms with Crippen molar-refractivity contribution in [3.05, 3.63) is 165 Å². The highest BCUT2D eigenvalue weighted by Gasteiger charge is 2.32. The Labute approximate surface area is 288 Å². The highest BCUT2D eigenvalue weighted by Crippen LogP contribution is 2.45. The first-order valence-electron chi connectivity index (χ1n) is 15.2. The lowest BCUT2D eigenvalue weighted by atomic mass is 9.83. The van der Waals surface area contributed by atoms with Crippen LogP contribution in [0.4, 0.5) is 0 Å². The first kappa shape index (κ1) is 32.5. The number of allylic oxidation sites excluding steroid dienone is 1. The molecule has 0 radical (unpaired) electrons. The summed E-state index contributed by atoms with van der Waals surface area (Å²) in [4.78, 5) is 13.7. The summed E-state index contributed by atoms with van der Waals surface area (Å²) in [6.45, 7) is 2.46. The van der Waals surface area contributed by atoms with Gasteiger partial charge in [0.25, 0.3) is 0 Å². The number of hydrogen-bond acceptors (Lipinski definition) is 7. The van der Waals surface area contributed by atoms with E-state index in [2.05, 4.69) is 6.07 Å². The van der Waals surface area contributed by atoms with Gasteiger partial charge in [0.2, 0.25) is 5.88 Å². The van der Waals surface area contributed by atoms with Gasteiger partial charge < -0.3 is 24.7 Å². The molecule has 1 atom stereocenters. The van der Waals surface area contributed by atoms with Crippen molar-refractivity contribution < 1.29 is 23.7 Å². The van der Waals surface area contributed by atoms with E-state index >= 15 is 0 Å². The minimum Gasteiger partial charge on any atom is -0.490 e. The van der Waals surface area contributed by atoms with Crippen LogP contribution < -0.4 is 24.7 Å². The van der Waals surface area contributed by atoms with Crippen LogP contribution in [0.1, 0.15) is 46.6 Å². The number of nitrogens with two attached hydrogens (primary N) is 1. The van der Waals surface area contributed by atoms with Crippen LogP contribution >= 0.6 is 23.2 Å². The van der Waals surface area contributed by atoms with Gasteiger partial charge in [-0.15, -0.1) is 0 Å². The maximum atomic E-state index is 13.7. The number of fused-ring (bicyclic) bond motifs is 1. The Kier molecular flexibility index (Phi) is 9.86. The minimum atomic E-state index is -0.638. The quantitative estimate of drug-likeness (QED) is 0.116. The predicted octanol–water partition coefficient (Wildman–Crippen LogP) is 8.93. The third kappa shape index (κ3) is 6.96. The molecule has 0 aliphatic carbocycles. The van der Waals surface area contributed by atoms with Gasteiger partial charge in [-0.2, -0.15) is 5.26 Å². The van der Waals surface area contributed by atoms with Crippen molar-refractivity contribution in [2.75, 3.05) is 6.61 Å². The molecule has 1 heterocycles. The van der Waals surface area contributed by atoms with E-state index in [4.69, 9.17) is 47.9 Å². The molecule has 1 aliphatic heterocycles. The zero-order chi connectivity index (χ0) is 33.6. The Morgan fingerprint density at radius 2 is 1.58 bits per heavy atom. The molecule has 240 valence electrons. The Morgan fingerprint density at radius 3 is 2.23 bits per heavy atom. The molecule has 0 fully saturated rings. The number of carbonyl (C=O) groups is 1. The molecule has 0 saturated carbocycles. The summed E-state index contributed by atoms with van der Waals surface area (Å²) >= 11 is 12.4. The van der Waals surface area contributed by atoms with Crippen LogP contribution in [0.2, 0.25) is 10.0 Å². The lowest BCUT2D eigenvalue weighted by Crippen LogP contribution is -2.22. The van der Waals surface area contributed by atoms with Crippen LogP contribution in [-0.2, 0) is 11.4 Å². The zero-order valence-corrected chi connectivity index (χ0v) is 27.4. The average molecular weight is 678 g/mol. The maximum absolute atomic E-state index is 13.7. The van der Waals surface area contributed by atoms with E-state index in [-0.39, 0.29) is 23.8 Å². The second-order valence-corrected chi connectivity index (χ2v) is 11.8. The number of nitriles is 1. The van der Waals surface area contributed by atoms with Crippen LogP contribution in [0, 0.1) is 11.3 Å². The van der Waals surface area contributed by atoms with Crippen molar-refractivity contribution in [2.24, 2.45) is 5.73 Å². The molecule has 5 aromatic carbocycles. The van der Waals surface area contributed by atoms with E-state index in [1.54, 1.807) is 42.5 Å². The normalized spacial score (nSPS) is 13.7. The van der Waals surface area contributed by atoms with Gasteiger partial charge in [-0.25, -0.2) is 0 Å². The van der Waals surface area contributed by atoms with Gasteiger partial charge in [0.15, 0.2) is 11.5 Å². The molecule has 0 bridgehead atoms. The number of nitrogens with zero attached hydrogens (tertiary/aromatic N) is 1. The van der Waals surface area contributed by atoms with Crippen molar-refractivity contribution in [3.63, 3.8) is 0 Å². The lowest BCUT2D eigenvalue weighted by Gasteiger charge is -2.27. The Morgan fingerprint density at radius 1 is 0.875 bits per heavy atom. The average Bonchev–Trinajstić information content (AvgIpc) is 3.09. The number of ether oxygens (including phenoxy) is 4. The molecule has 1 aliphatic rings. The molecule has 0 saturated heterocycles. The molecule has 0 aromatic heterocycles. The van der Waals surface area contributed by atoms with Gasteiger partial charge in [0.1, 0.15) is 35.7 Å². The maximum Gasteiger partial charge on any atom is 0.323 e. The van der Waals surface area contributed by atoms with E-state index in [1.165, 1.54) is 0 Å². The van der Waals surface area contributed by atoms with Crippen LogP contribution in [-0.4, -0.2) is 12.6 Å². The molecule has 0 amide bonds. The Balaban J connectivity index is 1.30. The summed E-state index contributed by atoms with van der Waals surface area (Å²) in [5, 5.41) is 11.2. The SMILES string of the molecule is CCOc1cc(C2C(C#N)=C(N)Oc3cc(OC(=O)C(c4ccccc4)c4ccccc4)ccc32)ccc1OCc1ccc(Cl)cc1Cl. The van der Waals surface area contributed by atoms with Gasteiger partial charge in [-0.3, -0.25) is 4.79 Å². The van der Waals surface area contributed by atoms with Gasteiger partial charge in [-0.1, -0.05) is 102 Å². The number of benzene rings is 5. The fraction of sp³-hybridized carbons (Fsp3) is 0.128. The predicted molar refractivity (Wildman–Crippen MR) is 185 cm³/mol. The van der Waals surface area contributed by atoms with E-state index in [0.29, 0.717) is 39.5 Å². The molecule has 0 spiro atoms. The van der Waals surface area contributed by atoms with Crippen molar-refractivity contribution in [1.29, 1.82) is 5.26 Å². The monoisotopic (exact) mass is 676 g/mol. The third-order valence-electron chi connectivity index (χ3n) is 7.91.